The second kappa shape index (κ2) is 5.46. The molecule has 1 aromatic heterocycles. The topological polar surface area (TPSA) is 74.7 Å². The summed E-state index contributed by atoms with van der Waals surface area (Å²) < 4.78 is 26.5. The third-order valence-corrected chi connectivity index (χ3v) is 7.61. The number of aromatic carboxylic acids is 1. The van der Waals surface area contributed by atoms with E-state index in [-0.39, 0.29) is 14.5 Å². The van der Waals surface area contributed by atoms with Crippen LogP contribution in [0.5, 0.6) is 0 Å². The van der Waals surface area contributed by atoms with Crippen molar-refractivity contribution in [3.8, 4) is 0 Å². The zero-order valence-electron chi connectivity index (χ0n) is 11.6. The fraction of sp³-hybridized carbons (Fsp3) is 0.615. The Bertz CT molecular complexity index is 598. The van der Waals surface area contributed by atoms with Crippen molar-refractivity contribution in [2.75, 3.05) is 13.1 Å². The first-order valence-electron chi connectivity index (χ1n) is 6.62. The Morgan fingerprint density at radius 1 is 1.40 bits per heavy atom. The van der Waals surface area contributed by atoms with Crippen molar-refractivity contribution < 1.29 is 18.3 Å². The van der Waals surface area contributed by atoms with E-state index in [9.17, 15) is 13.2 Å². The predicted octanol–water partition coefficient (Wildman–Crippen LogP) is 2.65. The molecule has 0 atom stereocenters. The summed E-state index contributed by atoms with van der Waals surface area (Å²) in [5.41, 5.74) is 0.216. The second-order valence-corrected chi connectivity index (χ2v) is 8.74. The molecule has 0 unspecified atom stereocenters. The fourth-order valence-corrected chi connectivity index (χ4v) is 5.06. The van der Waals surface area contributed by atoms with Gasteiger partial charge in [-0.25, -0.2) is 13.2 Å². The van der Waals surface area contributed by atoms with Gasteiger partial charge >= 0.3 is 5.97 Å². The maximum atomic E-state index is 12.5. The lowest BCUT2D eigenvalue weighted by Crippen LogP contribution is -2.41. The molecule has 1 saturated heterocycles. The highest BCUT2D eigenvalue weighted by Gasteiger charge is 2.35. The Kier molecular flexibility index (Phi) is 4.22. The van der Waals surface area contributed by atoms with Crippen molar-refractivity contribution >= 4 is 27.3 Å². The summed E-state index contributed by atoms with van der Waals surface area (Å²) in [5.74, 6) is -1.09. The van der Waals surface area contributed by atoms with Crippen LogP contribution in [-0.4, -0.2) is 36.9 Å². The molecule has 20 heavy (non-hydrogen) atoms. The number of sulfonamides is 1. The lowest BCUT2D eigenvalue weighted by Gasteiger charge is -2.37. The zero-order chi connectivity index (χ0) is 15.0. The summed E-state index contributed by atoms with van der Waals surface area (Å²) in [6.07, 6.45) is 2.74. The number of nitrogens with zero attached hydrogens (tertiary/aromatic N) is 1. The Balaban J connectivity index is 2.17. The van der Waals surface area contributed by atoms with Gasteiger partial charge in [0.1, 0.15) is 9.09 Å². The molecule has 5 nitrogen and oxygen atoms in total. The highest BCUT2D eigenvalue weighted by molar-refractivity contribution is 7.91. The summed E-state index contributed by atoms with van der Waals surface area (Å²) >= 11 is 0.818. The van der Waals surface area contributed by atoms with Crippen molar-refractivity contribution in [2.24, 2.45) is 5.41 Å². The van der Waals surface area contributed by atoms with E-state index in [0.29, 0.717) is 13.1 Å². The maximum absolute atomic E-state index is 12.5. The molecule has 112 valence electrons. The molecule has 0 radical (unpaired) electrons. The third-order valence-electron chi connectivity index (χ3n) is 4.17. The fourth-order valence-electron chi connectivity index (χ4n) is 2.32. The van der Waals surface area contributed by atoms with E-state index in [1.54, 1.807) is 0 Å². The largest absolute Gasteiger partial charge is 0.477 e. The lowest BCUT2D eigenvalue weighted by atomic mass is 9.79. The van der Waals surface area contributed by atoms with Crippen LogP contribution in [0.1, 0.15) is 42.8 Å². The van der Waals surface area contributed by atoms with Crippen LogP contribution >= 0.6 is 11.3 Å². The molecule has 0 saturated carbocycles. The molecular formula is C13H19NO4S2. The summed E-state index contributed by atoms with van der Waals surface area (Å²) in [4.78, 5) is 10.9. The van der Waals surface area contributed by atoms with Crippen LogP contribution in [0.2, 0.25) is 0 Å². The molecular weight excluding hydrogens is 298 g/mol. The number of carboxylic acids is 1. The first-order valence-corrected chi connectivity index (χ1v) is 8.87. The number of piperidine rings is 1. The van der Waals surface area contributed by atoms with E-state index in [1.807, 2.05) is 0 Å². The monoisotopic (exact) mass is 317 g/mol. The average Bonchev–Trinajstić information content (AvgIpc) is 2.90. The van der Waals surface area contributed by atoms with Crippen LogP contribution in [0.25, 0.3) is 0 Å². The second-order valence-electron chi connectivity index (χ2n) is 5.49. The predicted molar refractivity (Wildman–Crippen MR) is 77.7 cm³/mol. The van der Waals surface area contributed by atoms with Crippen LogP contribution in [0.15, 0.2) is 16.3 Å². The highest BCUT2D eigenvalue weighted by Crippen LogP contribution is 2.36. The smallest absolute Gasteiger partial charge is 0.345 e. The quantitative estimate of drug-likeness (QED) is 0.926. The molecule has 0 spiro atoms. The summed E-state index contributed by atoms with van der Waals surface area (Å²) in [6, 6.07) is 2.73. The molecule has 7 heteroatoms. The number of hydrogen-bond acceptors (Lipinski definition) is 4. The maximum Gasteiger partial charge on any atom is 0.345 e. The standard InChI is InChI=1S/C13H19NO4S2/c1-3-13(2)6-8-14(9-7-13)20(17,18)11-5-4-10(19-11)12(15)16/h4-5H,3,6-9H2,1-2H3,(H,15,16). The molecule has 1 aromatic rings. The summed E-state index contributed by atoms with van der Waals surface area (Å²) in [7, 11) is -3.54. The van der Waals surface area contributed by atoms with Gasteiger partial charge in [0.15, 0.2) is 0 Å². The molecule has 2 rings (SSSR count). The number of rotatable bonds is 4. The minimum absolute atomic E-state index is 0.0546. The van der Waals surface area contributed by atoms with Crippen molar-refractivity contribution in [3.63, 3.8) is 0 Å². The Labute approximate surface area is 123 Å². The van der Waals surface area contributed by atoms with E-state index in [2.05, 4.69) is 13.8 Å². The minimum atomic E-state index is -3.54. The van der Waals surface area contributed by atoms with Crippen LogP contribution < -0.4 is 0 Å². The molecule has 1 N–H and O–H groups in total. The Hall–Kier alpha value is -0.920. The van der Waals surface area contributed by atoms with Gasteiger partial charge in [0.25, 0.3) is 10.0 Å². The van der Waals surface area contributed by atoms with Crippen molar-refractivity contribution in [3.05, 3.63) is 17.0 Å². The molecule has 0 bridgehead atoms. The van der Waals surface area contributed by atoms with Gasteiger partial charge in [-0.3, -0.25) is 0 Å². The third kappa shape index (κ3) is 2.89. The van der Waals surface area contributed by atoms with Crippen LogP contribution in [0.4, 0.5) is 0 Å². The van der Waals surface area contributed by atoms with Crippen LogP contribution in [-0.2, 0) is 10.0 Å². The van der Waals surface area contributed by atoms with Gasteiger partial charge in [-0.05, 0) is 30.4 Å². The molecule has 0 amide bonds. The lowest BCUT2D eigenvalue weighted by molar-refractivity contribution is 0.0702. The van der Waals surface area contributed by atoms with Gasteiger partial charge in [-0.2, -0.15) is 4.31 Å². The van der Waals surface area contributed by atoms with Crippen LogP contribution in [0.3, 0.4) is 0 Å². The molecule has 1 aliphatic heterocycles. The first kappa shape index (κ1) is 15.5. The number of carboxylic acid groups (broad SMARTS) is 1. The molecule has 1 aliphatic rings. The van der Waals surface area contributed by atoms with Crippen molar-refractivity contribution in [2.45, 2.75) is 37.3 Å². The summed E-state index contributed by atoms with van der Waals surface area (Å²) in [5, 5.41) is 8.88. The average molecular weight is 317 g/mol. The van der Waals surface area contributed by atoms with E-state index >= 15 is 0 Å². The van der Waals surface area contributed by atoms with Gasteiger partial charge in [-0.1, -0.05) is 20.3 Å². The molecule has 1 fully saturated rings. The number of carbonyl (C=O) groups is 1. The van der Waals surface area contributed by atoms with Gasteiger partial charge in [0.05, 0.1) is 0 Å². The summed E-state index contributed by atoms with van der Waals surface area (Å²) in [6.45, 7) is 5.33. The minimum Gasteiger partial charge on any atom is -0.477 e. The Morgan fingerprint density at radius 2 is 2.00 bits per heavy atom. The van der Waals surface area contributed by atoms with E-state index < -0.39 is 16.0 Å². The molecule has 0 aromatic carbocycles. The highest BCUT2D eigenvalue weighted by atomic mass is 32.2. The zero-order valence-corrected chi connectivity index (χ0v) is 13.3. The van der Waals surface area contributed by atoms with Gasteiger partial charge in [0, 0.05) is 13.1 Å². The van der Waals surface area contributed by atoms with Crippen molar-refractivity contribution in [1.29, 1.82) is 0 Å². The van der Waals surface area contributed by atoms with Crippen molar-refractivity contribution in [1.82, 2.24) is 4.31 Å². The Morgan fingerprint density at radius 3 is 2.45 bits per heavy atom. The van der Waals surface area contributed by atoms with E-state index in [0.717, 1.165) is 30.6 Å². The van der Waals surface area contributed by atoms with Crippen LogP contribution in [0, 0.1) is 5.41 Å². The van der Waals surface area contributed by atoms with Gasteiger partial charge in [0.2, 0.25) is 0 Å². The number of thiophene rings is 1. The normalized spacial score (nSPS) is 19.9. The van der Waals surface area contributed by atoms with Gasteiger partial charge in [-0.15, -0.1) is 11.3 Å². The SMILES string of the molecule is CCC1(C)CCN(S(=O)(=O)c2ccc(C(=O)O)s2)CC1. The molecule has 2 heterocycles. The number of hydrogen-bond donors (Lipinski definition) is 1. The van der Waals surface area contributed by atoms with E-state index in [1.165, 1.54) is 16.4 Å². The first-order chi connectivity index (χ1) is 9.28. The molecule has 0 aliphatic carbocycles. The van der Waals surface area contributed by atoms with E-state index in [4.69, 9.17) is 5.11 Å². The van der Waals surface area contributed by atoms with Gasteiger partial charge < -0.3 is 5.11 Å².